The minimum absolute atomic E-state index is 0.141. The molecule has 11 nitrogen and oxygen atoms in total. The van der Waals surface area contributed by atoms with Crippen LogP contribution in [0.5, 0.6) is 0 Å². The predicted molar refractivity (Wildman–Crippen MR) is 98.1 cm³/mol. The van der Waals surface area contributed by atoms with Gasteiger partial charge in [0.25, 0.3) is 0 Å². The first-order valence-corrected chi connectivity index (χ1v) is 8.90. The van der Waals surface area contributed by atoms with Crippen molar-refractivity contribution in [3.8, 4) is 0 Å². The van der Waals surface area contributed by atoms with Crippen molar-refractivity contribution >= 4 is 0 Å². The standard InChI is InChI=1S/C10H22O7.C7H16O4/c11-1-9(2-12,3-13)7-17-8-10(4-14,5-15)6-16;1-6(2-8)7(3-9,4-10)5-11/h11-16H,1-8H2;6,8-11H,2-5H2,1H3. The number of aliphatic hydroxyl groups is 10. The normalized spacial score (nSPS) is 13.8. The molecule has 0 aromatic heterocycles. The highest BCUT2D eigenvalue weighted by molar-refractivity contribution is 4.82. The van der Waals surface area contributed by atoms with E-state index < -0.39 is 55.9 Å². The highest BCUT2D eigenvalue weighted by Gasteiger charge is 2.34. The lowest BCUT2D eigenvalue weighted by Gasteiger charge is -2.32. The topological polar surface area (TPSA) is 212 Å². The molecule has 0 spiro atoms. The number of hydrogen-bond donors (Lipinski definition) is 10. The summed E-state index contributed by atoms with van der Waals surface area (Å²) in [7, 11) is 0. The second-order valence-corrected chi connectivity index (χ2v) is 7.36. The maximum absolute atomic E-state index is 9.03. The van der Waals surface area contributed by atoms with Crippen LogP contribution in [0.1, 0.15) is 6.92 Å². The van der Waals surface area contributed by atoms with Gasteiger partial charge in [-0.25, -0.2) is 0 Å². The fraction of sp³-hybridized carbons (Fsp3) is 1.00. The molecule has 10 N–H and O–H groups in total. The zero-order valence-corrected chi connectivity index (χ0v) is 16.4. The van der Waals surface area contributed by atoms with Crippen LogP contribution >= 0.6 is 0 Å². The summed E-state index contributed by atoms with van der Waals surface area (Å²) in [6, 6.07) is 0. The Kier molecular flexibility index (Phi) is 16.4. The third-order valence-corrected chi connectivity index (χ3v) is 5.09. The fourth-order valence-corrected chi connectivity index (χ4v) is 1.87. The van der Waals surface area contributed by atoms with E-state index in [-0.39, 0.29) is 45.6 Å². The smallest absolute Gasteiger partial charge is 0.0629 e. The summed E-state index contributed by atoms with van der Waals surface area (Å²) >= 11 is 0. The van der Waals surface area contributed by atoms with E-state index in [2.05, 4.69) is 0 Å². The van der Waals surface area contributed by atoms with Crippen molar-refractivity contribution in [1.29, 1.82) is 0 Å². The Labute approximate surface area is 165 Å². The average Bonchev–Trinajstić information content (AvgIpc) is 2.77. The second-order valence-electron chi connectivity index (χ2n) is 7.36. The molecule has 0 aromatic rings. The minimum atomic E-state index is -1.16. The van der Waals surface area contributed by atoms with Gasteiger partial charge in [0.1, 0.15) is 0 Å². The monoisotopic (exact) mass is 418 g/mol. The molecule has 1 atom stereocenters. The highest BCUT2D eigenvalue weighted by atomic mass is 16.5. The Morgan fingerprint density at radius 3 is 0.964 bits per heavy atom. The van der Waals surface area contributed by atoms with Crippen LogP contribution in [0.15, 0.2) is 0 Å². The van der Waals surface area contributed by atoms with Gasteiger partial charge < -0.3 is 55.8 Å². The molecule has 0 fully saturated rings. The molecule has 172 valence electrons. The van der Waals surface area contributed by atoms with Gasteiger partial charge in [-0.1, -0.05) is 6.92 Å². The quantitative estimate of drug-likeness (QED) is 0.122. The zero-order valence-electron chi connectivity index (χ0n) is 16.4. The molecule has 0 radical (unpaired) electrons. The first-order chi connectivity index (χ1) is 13.2. The molecule has 11 heteroatoms. The van der Waals surface area contributed by atoms with Gasteiger partial charge in [-0.15, -0.1) is 0 Å². The van der Waals surface area contributed by atoms with Crippen LogP contribution in [0.2, 0.25) is 0 Å². The molecule has 0 rings (SSSR count). The lowest BCUT2D eigenvalue weighted by Crippen LogP contribution is -2.43. The lowest BCUT2D eigenvalue weighted by molar-refractivity contribution is -0.103. The van der Waals surface area contributed by atoms with E-state index >= 15 is 0 Å². The molecular weight excluding hydrogens is 380 g/mol. The zero-order chi connectivity index (χ0) is 22.3. The summed E-state index contributed by atoms with van der Waals surface area (Å²) in [4.78, 5) is 0. The molecular formula is C17H38O11. The first kappa shape index (κ1) is 29.8. The van der Waals surface area contributed by atoms with Crippen molar-refractivity contribution in [2.24, 2.45) is 22.2 Å². The van der Waals surface area contributed by atoms with Crippen LogP contribution in [-0.4, -0.2) is 130 Å². The van der Waals surface area contributed by atoms with Crippen molar-refractivity contribution in [3.05, 3.63) is 0 Å². The van der Waals surface area contributed by atoms with E-state index in [1.54, 1.807) is 6.92 Å². The minimum Gasteiger partial charge on any atom is -0.396 e. The summed E-state index contributed by atoms with van der Waals surface area (Å²) in [5.74, 6) is -0.303. The summed E-state index contributed by atoms with van der Waals surface area (Å²) in [5.41, 5.74) is -3.27. The van der Waals surface area contributed by atoms with Crippen LogP contribution < -0.4 is 0 Å². The van der Waals surface area contributed by atoms with Gasteiger partial charge in [0.15, 0.2) is 0 Å². The molecule has 0 aliphatic heterocycles. The molecule has 28 heavy (non-hydrogen) atoms. The van der Waals surface area contributed by atoms with Crippen molar-refractivity contribution < 1.29 is 55.8 Å². The van der Waals surface area contributed by atoms with E-state index in [0.29, 0.717) is 0 Å². The number of rotatable bonds is 15. The Balaban J connectivity index is 0. The third-order valence-electron chi connectivity index (χ3n) is 5.09. The molecule has 0 saturated carbocycles. The van der Waals surface area contributed by atoms with Gasteiger partial charge >= 0.3 is 0 Å². The highest BCUT2D eigenvalue weighted by Crippen LogP contribution is 2.25. The molecule has 1 unspecified atom stereocenters. The van der Waals surface area contributed by atoms with E-state index in [1.807, 2.05) is 0 Å². The van der Waals surface area contributed by atoms with Gasteiger partial charge in [-0.05, 0) is 5.92 Å². The molecule has 0 saturated heterocycles. The summed E-state index contributed by atoms with van der Waals surface area (Å²) in [5, 5.41) is 89.4. The largest absolute Gasteiger partial charge is 0.396 e. The number of hydrogen-bond acceptors (Lipinski definition) is 11. The molecule has 0 aliphatic rings. The Morgan fingerprint density at radius 2 is 0.821 bits per heavy atom. The summed E-state index contributed by atoms with van der Waals surface area (Å²) < 4.78 is 5.15. The second kappa shape index (κ2) is 15.4. The van der Waals surface area contributed by atoms with Gasteiger partial charge in [-0.2, -0.15) is 0 Å². The Bertz CT molecular complexity index is 310. The van der Waals surface area contributed by atoms with Gasteiger partial charge in [0.2, 0.25) is 0 Å². The molecule has 0 aliphatic carbocycles. The van der Waals surface area contributed by atoms with Crippen molar-refractivity contribution in [2.75, 3.05) is 79.3 Å². The molecule has 0 aromatic carbocycles. The summed E-state index contributed by atoms with van der Waals surface area (Å²) in [6.45, 7) is -2.44. The van der Waals surface area contributed by atoms with Crippen molar-refractivity contribution in [2.45, 2.75) is 6.92 Å². The van der Waals surface area contributed by atoms with Crippen LogP contribution in [0.25, 0.3) is 0 Å². The predicted octanol–water partition coefficient (Wildman–Crippen LogP) is -4.49. The summed E-state index contributed by atoms with van der Waals surface area (Å²) in [6.07, 6.45) is 0. The van der Waals surface area contributed by atoms with Crippen LogP contribution in [0.4, 0.5) is 0 Å². The van der Waals surface area contributed by atoms with Gasteiger partial charge in [0.05, 0.1) is 83.5 Å². The maximum Gasteiger partial charge on any atom is 0.0629 e. The van der Waals surface area contributed by atoms with E-state index in [4.69, 9.17) is 55.8 Å². The van der Waals surface area contributed by atoms with Crippen LogP contribution in [-0.2, 0) is 4.74 Å². The maximum atomic E-state index is 9.03. The average molecular weight is 418 g/mol. The van der Waals surface area contributed by atoms with Crippen molar-refractivity contribution in [1.82, 2.24) is 0 Å². The fourth-order valence-electron chi connectivity index (χ4n) is 1.87. The SMILES string of the molecule is CC(CO)C(CO)(CO)CO.OCC(CO)(CO)COCC(CO)(CO)CO. The molecule has 0 heterocycles. The number of aliphatic hydroxyl groups excluding tert-OH is 10. The Hall–Kier alpha value is -0.440. The third kappa shape index (κ3) is 8.51. The van der Waals surface area contributed by atoms with E-state index in [9.17, 15) is 0 Å². The van der Waals surface area contributed by atoms with E-state index in [0.717, 1.165) is 0 Å². The lowest BCUT2D eigenvalue weighted by atomic mass is 9.79. The van der Waals surface area contributed by atoms with Gasteiger partial charge in [0, 0.05) is 12.0 Å². The van der Waals surface area contributed by atoms with E-state index in [1.165, 1.54) is 0 Å². The van der Waals surface area contributed by atoms with Crippen LogP contribution in [0.3, 0.4) is 0 Å². The first-order valence-electron chi connectivity index (χ1n) is 8.90. The van der Waals surface area contributed by atoms with Crippen LogP contribution in [0, 0.1) is 22.2 Å². The van der Waals surface area contributed by atoms with Gasteiger partial charge in [-0.3, -0.25) is 0 Å². The Morgan fingerprint density at radius 1 is 0.536 bits per heavy atom. The molecule has 0 amide bonds. The number of ether oxygens (including phenoxy) is 1. The van der Waals surface area contributed by atoms with Crippen molar-refractivity contribution in [3.63, 3.8) is 0 Å². The molecule has 0 bridgehead atoms.